The quantitative estimate of drug-likeness (QED) is 0.917. The Morgan fingerprint density at radius 2 is 2.25 bits per heavy atom. The van der Waals surface area contributed by atoms with Crippen LogP contribution in [0.1, 0.15) is 31.9 Å². The Morgan fingerprint density at radius 3 is 2.95 bits per heavy atom. The minimum atomic E-state index is 0.0624. The van der Waals surface area contributed by atoms with Crippen LogP contribution in [0.5, 0.6) is 5.75 Å². The summed E-state index contributed by atoms with van der Waals surface area (Å²) in [6.07, 6.45) is 1.31. The summed E-state index contributed by atoms with van der Waals surface area (Å²) in [7, 11) is 1.70. The molecule has 1 aliphatic rings. The van der Waals surface area contributed by atoms with Crippen LogP contribution >= 0.6 is 0 Å². The lowest BCUT2D eigenvalue weighted by Crippen LogP contribution is -2.42. The Balaban J connectivity index is 2.24. The van der Waals surface area contributed by atoms with E-state index in [0.29, 0.717) is 0 Å². The van der Waals surface area contributed by atoms with Crippen LogP contribution in [0.3, 0.4) is 0 Å². The predicted octanol–water partition coefficient (Wildman–Crippen LogP) is 2.19. The van der Waals surface area contributed by atoms with Crippen LogP contribution in [0, 0.1) is 0 Å². The van der Waals surface area contributed by atoms with Crippen LogP contribution in [0.4, 0.5) is 0 Å². The van der Waals surface area contributed by atoms with E-state index in [9.17, 15) is 0 Å². The number of nitrogens with two attached hydrogens (primary N) is 1. The van der Waals surface area contributed by atoms with Gasteiger partial charge in [-0.3, -0.25) is 4.90 Å². The summed E-state index contributed by atoms with van der Waals surface area (Å²) < 4.78 is 11.1. The van der Waals surface area contributed by atoms with Crippen molar-refractivity contribution in [1.82, 2.24) is 4.90 Å². The van der Waals surface area contributed by atoms with E-state index in [0.717, 1.165) is 31.9 Å². The molecule has 0 saturated carbocycles. The highest BCUT2D eigenvalue weighted by atomic mass is 16.5. The molecule has 112 valence electrons. The molecule has 2 N–H and O–H groups in total. The molecular formula is C16H26N2O2. The summed E-state index contributed by atoms with van der Waals surface area (Å²) in [5.41, 5.74) is 7.48. The lowest BCUT2D eigenvalue weighted by atomic mass is 9.98. The number of ether oxygens (including phenoxy) is 2. The van der Waals surface area contributed by atoms with Gasteiger partial charge in [-0.2, -0.15) is 0 Å². The minimum Gasteiger partial charge on any atom is -0.497 e. The zero-order valence-corrected chi connectivity index (χ0v) is 12.7. The number of benzene rings is 1. The lowest BCUT2D eigenvalue weighted by Gasteiger charge is -2.34. The Labute approximate surface area is 121 Å². The smallest absolute Gasteiger partial charge is 0.119 e. The standard InChI is InChI=1S/C16H26N2O2/c1-12-11-18(8-5-9-20-12)16(13(2)17)14-6-4-7-15(10-14)19-3/h4,6-7,10,12-13,16H,5,8-9,11,17H2,1-3H3. The first-order valence-corrected chi connectivity index (χ1v) is 7.37. The fourth-order valence-electron chi connectivity index (χ4n) is 2.95. The highest BCUT2D eigenvalue weighted by Crippen LogP contribution is 2.28. The molecular weight excluding hydrogens is 252 g/mol. The molecule has 1 aromatic carbocycles. The molecule has 1 saturated heterocycles. The van der Waals surface area contributed by atoms with E-state index in [1.54, 1.807) is 7.11 Å². The van der Waals surface area contributed by atoms with Crippen LogP contribution in [-0.4, -0.2) is 43.9 Å². The normalized spacial score (nSPS) is 23.9. The van der Waals surface area contributed by atoms with Crippen LogP contribution in [0.25, 0.3) is 0 Å². The van der Waals surface area contributed by atoms with Gasteiger partial charge < -0.3 is 15.2 Å². The molecule has 0 bridgehead atoms. The van der Waals surface area contributed by atoms with Gasteiger partial charge in [0.05, 0.1) is 13.2 Å². The van der Waals surface area contributed by atoms with Crippen LogP contribution < -0.4 is 10.5 Å². The SMILES string of the molecule is COc1cccc(C(C(C)N)N2CCCOC(C)C2)c1. The number of hydrogen-bond acceptors (Lipinski definition) is 4. The molecule has 4 heteroatoms. The van der Waals surface area contributed by atoms with E-state index in [1.165, 1.54) is 5.56 Å². The van der Waals surface area contributed by atoms with Gasteiger partial charge in [0.1, 0.15) is 5.75 Å². The first-order valence-electron chi connectivity index (χ1n) is 7.37. The van der Waals surface area contributed by atoms with E-state index >= 15 is 0 Å². The second-order valence-corrected chi connectivity index (χ2v) is 5.61. The van der Waals surface area contributed by atoms with Crippen molar-refractivity contribution in [3.63, 3.8) is 0 Å². The second kappa shape index (κ2) is 7.07. The summed E-state index contributed by atoms with van der Waals surface area (Å²) in [6, 6.07) is 8.48. The maximum atomic E-state index is 6.26. The van der Waals surface area contributed by atoms with Crippen molar-refractivity contribution in [3.05, 3.63) is 29.8 Å². The van der Waals surface area contributed by atoms with Gasteiger partial charge in [0, 0.05) is 31.8 Å². The van der Waals surface area contributed by atoms with Crippen LogP contribution in [0.2, 0.25) is 0 Å². The Hall–Kier alpha value is -1.10. The summed E-state index contributed by atoms with van der Waals surface area (Å²) in [4.78, 5) is 2.44. The molecule has 1 aromatic rings. The average molecular weight is 278 g/mol. The summed E-state index contributed by atoms with van der Waals surface area (Å²) in [5, 5.41) is 0. The van der Waals surface area contributed by atoms with Crippen molar-refractivity contribution in [2.75, 3.05) is 26.8 Å². The third kappa shape index (κ3) is 3.72. The van der Waals surface area contributed by atoms with E-state index < -0.39 is 0 Å². The molecule has 1 fully saturated rings. The van der Waals surface area contributed by atoms with Crippen molar-refractivity contribution < 1.29 is 9.47 Å². The molecule has 0 aromatic heterocycles. The largest absolute Gasteiger partial charge is 0.497 e. The molecule has 0 aliphatic carbocycles. The molecule has 20 heavy (non-hydrogen) atoms. The average Bonchev–Trinajstić information content (AvgIpc) is 2.63. The highest BCUT2D eigenvalue weighted by molar-refractivity contribution is 5.31. The van der Waals surface area contributed by atoms with Gasteiger partial charge in [-0.1, -0.05) is 12.1 Å². The van der Waals surface area contributed by atoms with Gasteiger partial charge in [-0.25, -0.2) is 0 Å². The molecule has 0 spiro atoms. The van der Waals surface area contributed by atoms with Gasteiger partial charge in [-0.15, -0.1) is 0 Å². The summed E-state index contributed by atoms with van der Waals surface area (Å²) in [5.74, 6) is 0.882. The molecule has 1 aliphatic heterocycles. The third-order valence-corrected chi connectivity index (χ3v) is 3.81. The van der Waals surface area contributed by atoms with Crippen molar-refractivity contribution in [3.8, 4) is 5.75 Å². The highest BCUT2D eigenvalue weighted by Gasteiger charge is 2.27. The monoisotopic (exact) mass is 278 g/mol. The van der Waals surface area contributed by atoms with E-state index in [-0.39, 0.29) is 18.2 Å². The van der Waals surface area contributed by atoms with Gasteiger partial charge in [0.2, 0.25) is 0 Å². The number of methoxy groups -OCH3 is 1. The van der Waals surface area contributed by atoms with Gasteiger partial charge in [0.15, 0.2) is 0 Å². The van der Waals surface area contributed by atoms with Crippen molar-refractivity contribution >= 4 is 0 Å². The Kier molecular flexibility index (Phi) is 5.40. The first kappa shape index (κ1) is 15.3. The molecule has 1 heterocycles. The maximum Gasteiger partial charge on any atom is 0.119 e. The minimum absolute atomic E-state index is 0.0624. The van der Waals surface area contributed by atoms with E-state index in [2.05, 4.69) is 30.9 Å². The summed E-state index contributed by atoms with van der Waals surface area (Å²) in [6.45, 7) is 6.97. The van der Waals surface area contributed by atoms with Crippen LogP contribution in [0.15, 0.2) is 24.3 Å². The van der Waals surface area contributed by atoms with E-state index in [4.69, 9.17) is 15.2 Å². The second-order valence-electron chi connectivity index (χ2n) is 5.61. The lowest BCUT2D eigenvalue weighted by molar-refractivity contribution is 0.0583. The van der Waals surface area contributed by atoms with Gasteiger partial charge in [0.25, 0.3) is 0 Å². The van der Waals surface area contributed by atoms with Crippen LogP contribution in [-0.2, 0) is 4.74 Å². The molecule has 3 atom stereocenters. The van der Waals surface area contributed by atoms with E-state index in [1.807, 2.05) is 12.1 Å². The number of nitrogens with zero attached hydrogens (tertiary/aromatic N) is 1. The molecule has 0 radical (unpaired) electrons. The van der Waals surface area contributed by atoms with Gasteiger partial charge >= 0.3 is 0 Å². The van der Waals surface area contributed by atoms with Crippen molar-refractivity contribution in [1.29, 1.82) is 0 Å². The first-order chi connectivity index (χ1) is 9.61. The molecule has 0 amide bonds. The molecule has 3 unspecified atom stereocenters. The zero-order chi connectivity index (χ0) is 14.5. The number of rotatable bonds is 4. The summed E-state index contributed by atoms with van der Waals surface area (Å²) >= 11 is 0. The topological polar surface area (TPSA) is 47.7 Å². The number of hydrogen-bond donors (Lipinski definition) is 1. The van der Waals surface area contributed by atoms with Crippen molar-refractivity contribution in [2.45, 2.75) is 38.5 Å². The molecule has 2 rings (SSSR count). The Bertz CT molecular complexity index is 423. The third-order valence-electron chi connectivity index (χ3n) is 3.81. The maximum absolute atomic E-state index is 6.26. The Morgan fingerprint density at radius 1 is 1.45 bits per heavy atom. The van der Waals surface area contributed by atoms with Gasteiger partial charge in [-0.05, 0) is 38.0 Å². The van der Waals surface area contributed by atoms with Crippen molar-refractivity contribution in [2.24, 2.45) is 5.73 Å². The zero-order valence-electron chi connectivity index (χ0n) is 12.7. The molecule has 4 nitrogen and oxygen atoms in total. The fraction of sp³-hybridized carbons (Fsp3) is 0.625. The fourth-order valence-corrected chi connectivity index (χ4v) is 2.95. The predicted molar refractivity (Wildman–Crippen MR) is 81.0 cm³/mol.